The van der Waals surface area contributed by atoms with Crippen molar-refractivity contribution in [2.45, 2.75) is 25.6 Å². The van der Waals surface area contributed by atoms with Crippen molar-refractivity contribution in [3.8, 4) is 11.5 Å². The molecule has 3 rings (SSSR count). The second-order valence-corrected chi connectivity index (χ2v) is 6.34. The molecule has 1 heterocycles. The second-order valence-electron chi connectivity index (χ2n) is 6.34. The lowest BCUT2D eigenvalue weighted by atomic mass is 9.80. The monoisotopic (exact) mass is 394 g/mol. The molecule has 0 spiro atoms. The number of rotatable bonds is 5. The van der Waals surface area contributed by atoms with Crippen molar-refractivity contribution in [3.05, 3.63) is 53.6 Å². The van der Waals surface area contributed by atoms with E-state index >= 15 is 0 Å². The van der Waals surface area contributed by atoms with E-state index in [2.05, 4.69) is 0 Å². The van der Waals surface area contributed by atoms with E-state index in [1.807, 2.05) is 24.1 Å². The number of halogens is 3. The van der Waals surface area contributed by atoms with Gasteiger partial charge in [0.15, 0.2) is 5.54 Å². The summed E-state index contributed by atoms with van der Waals surface area (Å²) < 4.78 is 53.3. The highest BCUT2D eigenvalue weighted by molar-refractivity contribution is 5.78. The number of carbonyl (C=O) groups is 1. The summed E-state index contributed by atoms with van der Waals surface area (Å²) in [6, 6.07) is 9.88. The molecule has 0 unspecified atom stereocenters. The largest absolute Gasteiger partial charge is 0.497 e. The molecule has 1 N–H and O–H groups in total. The van der Waals surface area contributed by atoms with Gasteiger partial charge in [0.25, 0.3) is 0 Å². The van der Waals surface area contributed by atoms with Crippen molar-refractivity contribution in [1.82, 2.24) is 5.32 Å². The lowest BCUT2D eigenvalue weighted by Crippen LogP contribution is -2.60. The average Bonchev–Trinajstić information content (AvgIpc) is 2.67. The molecule has 150 valence electrons. The van der Waals surface area contributed by atoms with E-state index in [-0.39, 0.29) is 16.9 Å². The van der Waals surface area contributed by atoms with Gasteiger partial charge >= 0.3 is 12.3 Å². The van der Waals surface area contributed by atoms with Gasteiger partial charge in [0.1, 0.15) is 11.5 Å². The number of anilines is 1. The van der Waals surface area contributed by atoms with Gasteiger partial charge in [-0.15, -0.1) is 0 Å². The van der Waals surface area contributed by atoms with Crippen LogP contribution in [0.2, 0.25) is 0 Å². The molecular weight excluding hydrogens is 373 g/mol. The van der Waals surface area contributed by atoms with Crippen LogP contribution in [-0.4, -0.2) is 32.5 Å². The van der Waals surface area contributed by atoms with E-state index < -0.39 is 17.8 Å². The molecule has 0 saturated carbocycles. The van der Waals surface area contributed by atoms with Crippen LogP contribution in [-0.2, 0) is 5.54 Å². The number of carbonyl (C=O) groups excluding carboxylic acids is 1. The highest BCUT2D eigenvalue weighted by Crippen LogP contribution is 2.50. The number of ether oxygens (including phenoxy) is 2. The summed E-state index contributed by atoms with van der Waals surface area (Å²) in [7, 11) is 1.43. The molecule has 0 aliphatic carbocycles. The third kappa shape index (κ3) is 3.12. The first-order valence-corrected chi connectivity index (χ1v) is 8.87. The summed E-state index contributed by atoms with van der Waals surface area (Å²) in [6.07, 6.45) is -5.95. The van der Waals surface area contributed by atoms with Gasteiger partial charge in [-0.05, 0) is 37.6 Å². The molecule has 2 aromatic rings. The predicted molar refractivity (Wildman–Crippen MR) is 99.0 cm³/mol. The van der Waals surface area contributed by atoms with Crippen LogP contribution in [0.25, 0.3) is 0 Å². The normalized spacial score (nSPS) is 18.7. The fraction of sp³-hybridized carbons (Fsp3) is 0.350. The molecule has 1 aliphatic heterocycles. The van der Waals surface area contributed by atoms with Crippen LogP contribution in [0.15, 0.2) is 42.5 Å². The van der Waals surface area contributed by atoms with Gasteiger partial charge in [-0.25, -0.2) is 4.79 Å². The fourth-order valence-electron chi connectivity index (χ4n) is 3.49. The molecule has 2 aromatic carbocycles. The SMILES string of the molecule is CCN(CC)c1ccc2c(c1)OC(=O)N[C@@]2(c1ccc(OC)cc1)C(F)(F)F. The molecule has 0 fully saturated rings. The van der Waals surface area contributed by atoms with Crippen LogP contribution in [0.3, 0.4) is 0 Å². The first kappa shape index (κ1) is 19.9. The van der Waals surface area contributed by atoms with Crippen LogP contribution in [0.4, 0.5) is 23.7 Å². The molecule has 5 nitrogen and oxygen atoms in total. The van der Waals surface area contributed by atoms with Crippen LogP contribution < -0.4 is 19.7 Å². The van der Waals surface area contributed by atoms with E-state index in [0.717, 1.165) is 0 Å². The van der Waals surface area contributed by atoms with Crippen LogP contribution in [0.1, 0.15) is 25.0 Å². The van der Waals surface area contributed by atoms with Gasteiger partial charge < -0.3 is 14.4 Å². The predicted octanol–water partition coefficient (Wildman–Crippen LogP) is 4.45. The Morgan fingerprint density at radius 2 is 1.75 bits per heavy atom. The molecule has 8 heteroatoms. The number of nitrogens with zero attached hydrogens (tertiary/aromatic N) is 1. The summed E-state index contributed by atoms with van der Waals surface area (Å²) in [5.41, 5.74) is -2.33. The Morgan fingerprint density at radius 3 is 2.29 bits per heavy atom. The lowest BCUT2D eigenvalue weighted by Gasteiger charge is -2.41. The van der Waals surface area contributed by atoms with Gasteiger partial charge in [0.05, 0.1) is 7.11 Å². The van der Waals surface area contributed by atoms with Crippen molar-refractivity contribution >= 4 is 11.8 Å². The molecule has 0 saturated heterocycles. The van der Waals surface area contributed by atoms with E-state index in [0.29, 0.717) is 24.5 Å². The summed E-state index contributed by atoms with van der Waals surface area (Å²) >= 11 is 0. The molecule has 1 amide bonds. The van der Waals surface area contributed by atoms with Gasteiger partial charge in [0.2, 0.25) is 0 Å². The Balaban J connectivity index is 2.23. The molecule has 1 aliphatic rings. The minimum Gasteiger partial charge on any atom is -0.497 e. The molecule has 0 aromatic heterocycles. The lowest BCUT2D eigenvalue weighted by molar-refractivity contribution is -0.187. The number of nitrogens with one attached hydrogen (secondary N) is 1. The van der Waals surface area contributed by atoms with Crippen molar-refractivity contribution < 1.29 is 27.4 Å². The second kappa shape index (κ2) is 7.26. The number of hydrogen-bond acceptors (Lipinski definition) is 4. The van der Waals surface area contributed by atoms with E-state index in [1.54, 1.807) is 6.07 Å². The molecule has 28 heavy (non-hydrogen) atoms. The first-order chi connectivity index (χ1) is 13.3. The third-order valence-electron chi connectivity index (χ3n) is 4.94. The molecular formula is C20H21F3N2O3. The van der Waals surface area contributed by atoms with Crippen LogP contribution in [0.5, 0.6) is 11.5 Å². The van der Waals surface area contributed by atoms with Gasteiger partial charge in [-0.1, -0.05) is 18.2 Å². The van der Waals surface area contributed by atoms with Crippen LogP contribution in [0, 0.1) is 0 Å². The number of methoxy groups -OCH3 is 1. The van der Waals surface area contributed by atoms with Gasteiger partial charge in [0, 0.05) is 30.4 Å². The molecule has 0 radical (unpaired) electrons. The maximum Gasteiger partial charge on any atom is 0.420 e. The zero-order valence-corrected chi connectivity index (χ0v) is 15.8. The van der Waals surface area contributed by atoms with Gasteiger partial charge in [-0.2, -0.15) is 13.2 Å². The summed E-state index contributed by atoms with van der Waals surface area (Å²) in [6.45, 7) is 5.22. The number of amides is 1. The summed E-state index contributed by atoms with van der Waals surface area (Å²) in [4.78, 5) is 14.1. The quantitative estimate of drug-likeness (QED) is 0.814. The zero-order valence-electron chi connectivity index (χ0n) is 15.8. The Hall–Kier alpha value is -2.90. The van der Waals surface area contributed by atoms with Crippen LogP contribution >= 0.6 is 0 Å². The average molecular weight is 394 g/mol. The number of benzene rings is 2. The minimum absolute atomic E-state index is 0.110. The Morgan fingerprint density at radius 1 is 1.11 bits per heavy atom. The highest BCUT2D eigenvalue weighted by Gasteiger charge is 2.61. The van der Waals surface area contributed by atoms with Gasteiger partial charge in [-0.3, -0.25) is 5.32 Å². The Bertz CT molecular complexity index is 864. The smallest absolute Gasteiger partial charge is 0.420 e. The zero-order chi connectivity index (χ0) is 20.5. The Kier molecular flexibility index (Phi) is 5.14. The fourth-order valence-corrected chi connectivity index (χ4v) is 3.49. The summed E-state index contributed by atoms with van der Waals surface area (Å²) in [5.74, 6) is 0.304. The van der Waals surface area contributed by atoms with Crippen molar-refractivity contribution in [2.75, 3.05) is 25.1 Å². The van der Waals surface area contributed by atoms with E-state index in [1.165, 1.54) is 43.5 Å². The topological polar surface area (TPSA) is 50.8 Å². The number of hydrogen-bond donors (Lipinski definition) is 1. The third-order valence-corrected chi connectivity index (χ3v) is 4.94. The first-order valence-electron chi connectivity index (χ1n) is 8.87. The molecule has 0 bridgehead atoms. The summed E-state index contributed by atoms with van der Waals surface area (Å²) in [5, 5.41) is 2.02. The molecule has 1 atom stereocenters. The van der Waals surface area contributed by atoms with E-state index in [4.69, 9.17) is 9.47 Å². The van der Waals surface area contributed by atoms with Crippen molar-refractivity contribution in [2.24, 2.45) is 0 Å². The van der Waals surface area contributed by atoms with E-state index in [9.17, 15) is 18.0 Å². The highest BCUT2D eigenvalue weighted by atomic mass is 19.4. The van der Waals surface area contributed by atoms with Crippen molar-refractivity contribution in [3.63, 3.8) is 0 Å². The maximum atomic E-state index is 14.4. The number of fused-ring (bicyclic) bond motifs is 1. The number of alkyl halides is 3. The minimum atomic E-state index is -4.80. The maximum absolute atomic E-state index is 14.4. The Labute approximate surface area is 161 Å². The standard InChI is InChI=1S/C20H21F3N2O3/c1-4-25(5-2)14-8-11-16-17(12-14)28-18(26)24-19(16,20(21,22)23)13-6-9-15(27-3)10-7-13/h6-12H,4-5H2,1-3H3,(H,24,26)/t19-/m1/s1. The van der Waals surface area contributed by atoms with Crippen molar-refractivity contribution in [1.29, 1.82) is 0 Å².